The Hall–Kier alpha value is -1.54. The number of rotatable bonds is 4. The summed E-state index contributed by atoms with van der Waals surface area (Å²) in [6, 6.07) is 2.41. The van der Waals surface area contributed by atoms with Crippen LogP contribution in [-0.2, 0) is 14.8 Å². The Labute approximate surface area is 116 Å². The number of amides is 1. The molecule has 1 aliphatic heterocycles. The van der Waals surface area contributed by atoms with E-state index in [1.54, 1.807) is 0 Å². The summed E-state index contributed by atoms with van der Waals surface area (Å²) in [4.78, 5) is 14.5. The van der Waals surface area contributed by atoms with Crippen LogP contribution in [0.15, 0.2) is 23.4 Å². The first-order chi connectivity index (χ1) is 9.41. The lowest BCUT2D eigenvalue weighted by Gasteiger charge is -2.30. The molecule has 0 unspecified atom stereocenters. The van der Waals surface area contributed by atoms with E-state index in [-0.39, 0.29) is 31.3 Å². The van der Waals surface area contributed by atoms with Gasteiger partial charge in [-0.25, -0.2) is 17.8 Å². The molecule has 0 spiro atoms. The molecule has 2 heterocycles. The molecule has 1 aromatic rings. The maximum atomic E-state index is 13.6. The summed E-state index contributed by atoms with van der Waals surface area (Å²) >= 11 is 0. The average Bonchev–Trinajstić information content (AvgIpc) is 2.39. The lowest BCUT2D eigenvalue weighted by molar-refractivity contribution is -0.119. The molecule has 0 atom stereocenters. The summed E-state index contributed by atoms with van der Waals surface area (Å²) in [7, 11) is -3.91. The Morgan fingerprint density at radius 2 is 2.10 bits per heavy atom. The Kier molecular flexibility index (Phi) is 4.34. The molecule has 0 aromatic carbocycles. The summed E-state index contributed by atoms with van der Waals surface area (Å²) in [5.74, 6) is -1.15. The van der Waals surface area contributed by atoms with E-state index < -0.39 is 20.9 Å². The fraction of sp³-hybridized carbons (Fsp3) is 0.500. The Balaban J connectivity index is 2.10. The Morgan fingerprint density at radius 1 is 1.45 bits per heavy atom. The predicted octanol–water partition coefficient (Wildman–Crippen LogP) is 0.497. The van der Waals surface area contributed by atoms with Crippen molar-refractivity contribution in [3.05, 3.63) is 24.1 Å². The summed E-state index contributed by atoms with van der Waals surface area (Å²) < 4.78 is 39.3. The molecule has 1 aliphatic rings. The Bertz CT molecular complexity index is 598. The minimum absolute atomic E-state index is 0.0903. The summed E-state index contributed by atoms with van der Waals surface area (Å²) in [6.45, 7) is 0.493. The third-order valence-electron chi connectivity index (χ3n) is 3.37. The van der Waals surface area contributed by atoms with E-state index in [2.05, 4.69) is 4.98 Å². The van der Waals surface area contributed by atoms with Gasteiger partial charge in [-0.1, -0.05) is 0 Å². The van der Waals surface area contributed by atoms with Crippen molar-refractivity contribution in [3.8, 4) is 0 Å². The van der Waals surface area contributed by atoms with Crippen molar-refractivity contribution in [1.82, 2.24) is 9.29 Å². The van der Waals surface area contributed by atoms with E-state index in [0.29, 0.717) is 12.8 Å². The highest BCUT2D eigenvalue weighted by Gasteiger charge is 2.32. The Morgan fingerprint density at radius 3 is 2.65 bits per heavy atom. The number of hydrogen-bond donors (Lipinski definition) is 1. The van der Waals surface area contributed by atoms with Gasteiger partial charge < -0.3 is 5.73 Å². The zero-order valence-electron chi connectivity index (χ0n) is 10.8. The first-order valence-electron chi connectivity index (χ1n) is 6.30. The highest BCUT2D eigenvalue weighted by Crippen LogP contribution is 2.25. The van der Waals surface area contributed by atoms with Crippen LogP contribution in [0.3, 0.4) is 0 Å². The first kappa shape index (κ1) is 14.9. The van der Waals surface area contributed by atoms with Crippen LogP contribution in [0.5, 0.6) is 0 Å². The van der Waals surface area contributed by atoms with E-state index >= 15 is 0 Å². The first-order valence-corrected chi connectivity index (χ1v) is 7.74. The number of piperidine rings is 1. The fourth-order valence-electron chi connectivity index (χ4n) is 2.32. The molecule has 1 fully saturated rings. The molecule has 1 amide bonds. The van der Waals surface area contributed by atoms with E-state index in [1.807, 2.05) is 0 Å². The van der Waals surface area contributed by atoms with Crippen LogP contribution in [0.1, 0.15) is 19.3 Å². The quantitative estimate of drug-likeness (QED) is 0.876. The number of hydrogen-bond acceptors (Lipinski definition) is 4. The van der Waals surface area contributed by atoms with Gasteiger partial charge in [0.2, 0.25) is 10.9 Å². The number of pyridine rings is 1. The molecule has 0 radical (unpaired) electrons. The van der Waals surface area contributed by atoms with Crippen LogP contribution in [0.25, 0.3) is 0 Å². The second kappa shape index (κ2) is 5.84. The molecule has 2 rings (SSSR count). The van der Waals surface area contributed by atoms with Gasteiger partial charge in [-0.15, -0.1) is 0 Å². The van der Waals surface area contributed by atoms with Crippen molar-refractivity contribution in [2.75, 3.05) is 13.1 Å². The third-order valence-corrected chi connectivity index (χ3v) is 5.21. The minimum Gasteiger partial charge on any atom is -0.370 e. The lowest BCUT2D eigenvalue weighted by atomic mass is 9.94. The molecule has 1 saturated heterocycles. The van der Waals surface area contributed by atoms with Crippen LogP contribution in [0, 0.1) is 11.7 Å². The van der Waals surface area contributed by atoms with Gasteiger partial charge in [0.1, 0.15) is 0 Å². The standard InChI is InChI=1S/C12H16FN3O3S/c13-10-2-1-5-15-12(10)20(18,19)16-6-3-9(4-7-16)8-11(14)17/h1-2,5,9H,3-4,6-8H2,(H2,14,17). The molecule has 20 heavy (non-hydrogen) atoms. The van der Waals surface area contributed by atoms with Crippen molar-refractivity contribution in [1.29, 1.82) is 0 Å². The third kappa shape index (κ3) is 3.13. The van der Waals surface area contributed by atoms with Crippen molar-refractivity contribution in [2.24, 2.45) is 11.7 Å². The largest absolute Gasteiger partial charge is 0.370 e. The van der Waals surface area contributed by atoms with Gasteiger partial charge in [0, 0.05) is 25.7 Å². The number of carbonyl (C=O) groups excluding carboxylic acids is 1. The van der Waals surface area contributed by atoms with Crippen LogP contribution in [-0.4, -0.2) is 36.7 Å². The minimum atomic E-state index is -3.91. The molecule has 6 nitrogen and oxygen atoms in total. The SMILES string of the molecule is NC(=O)CC1CCN(S(=O)(=O)c2ncccc2F)CC1. The molecule has 1 aromatic heterocycles. The molecule has 0 bridgehead atoms. The van der Waals surface area contributed by atoms with Crippen LogP contribution in [0.4, 0.5) is 4.39 Å². The maximum absolute atomic E-state index is 13.6. The molecule has 2 N–H and O–H groups in total. The smallest absolute Gasteiger partial charge is 0.263 e. The monoisotopic (exact) mass is 301 g/mol. The van der Waals surface area contributed by atoms with Crippen LogP contribution in [0.2, 0.25) is 0 Å². The molecule has 8 heteroatoms. The number of aromatic nitrogens is 1. The van der Waals surface area contributed by atoms with Gasteiger partial charge in [0.25, 0.3) is 10.0 Å². The van der Waals surface area contributed by atoms with E-state index in [9.17, 15) is 17.6 Å². The van der Waals surface area contributed by atoms with Gasteiger partial charge in [-0.2, -0.15) is 4.31 Å². The highest BCUT2D eigenvalue weighted by molar-refractivity contribution is 7.89. The van der Waals surface area contributed by atoms with Gasteiger partial charge in [0.15, 0.2) is 5.82 Å². The van der Waals surface area contributed by atoms with Gasteiger partial charge in [-0.3, -0.25) is 4.79 Å². The number of halogens is 1. The summed E-state index contributed by atoms with van der Waals surface area (Å²) in [5, 5.41) is -0.548. The maximum Gasteiger partial charge on any atom is 0.263 e. The average molecular weight is 301 g/mol. The number of nitrogens with two attached hydrogens (primary N) is 1. The van der Waals surface area contributed by atoms with Crippen molar-refractivity contribution >= 4 is 15.9 Å². The molecule has 0 aliphatic carbocycles. The zero-order valence-corrected chi connectivity index (χ0v) is 11.6. The molecule has 110 valence electrons. The van der Waals surface area contributed by atoms with E-state index in [0.717, 1.165) is 6.07 Å². The number of primary amides is 1. The molecule has 0 saturated carbocycles. The number of nitrogens with zero attached hydrogens (tertiary/aromatic N) is 2. The van der Waals surface area contributed by atoms with E-state index in [1.165, 1.54) is 16.6 Å². The normalized spacial score (nSPS) is 18.1. The highest BCUT2D eigenvalue weighted by atomic mass is 32.2. The summed E-state index contributed by atoms with van der Waals surface area (Å²) in [6.07, 6.45) is 2.58. The second-order valence-corrected chi connectivity index (χ2v) is 6.66. The van der Waals surface area contributed by atoms with Crippen molar-refractivity contribution in [3.63, 3.8) is 0 Å². The topological polar surface area (TPSA) is 93.4 Å². The predicted molar refractivity (Wildman–Crippen MR) is 69.5 cm³/mol. The fourth-order valence-corrected chi connectivity index (χ4v) is 3.77. The van der Waals surface area contributed by atoms with Gasteiger partial charge in [0.05, 0.1) is 0 Å². The molecular formula is C12H16FN3O3S. The second-order valence-electron chi connectivity index (χ2n) is 4.81. The van der Waals surface area contributed by atoms with E-state index in [4.69, 9.17) is 5.73 Å². The summed E-state index contributed by atoms with van der Waals surface area (Å²) in [5.41, 5.74) is 5.12. The van der Waals surface area contributed by atoms with Gasteiger partial charge >= 0.3 is 0 Å². The van der Waals surface area contributed by atoms with Crippen molar-refractivity contribution < 1.29 is 17.6 Å². The zero-order chi connectivity index (χ0) is 14.8. The van der Waals surface area contributed by atoms with Gasteiger partial charge in [-0.05, 0) is 30.9 Å². The number of sulfonamides is 1. The molecular weight excluding hydrogens is 285 g/mol. The van der Waals surface area contributed by atoms with Crippen molar-refractivity contribution in [2.45, 2.75) is 24.3 Å². The van der Waals surface area contributed by atoms with Crippen LogP contribution >= 0.6 is 0 Å². The number of carbonyl (C=O) groups is 1. The van der Waals surface area contributed by atoms with Crippen LogP contribution < -0.4 is 5.73 Å². The lowest BCUT2D eigenvalue weighted by Crippen LogP contribution is -2.39.